The molecule has 2 unspecified atom stereocenters. The summed E-state index contributed by atoms with van der Waals surface area (Å²) < 4.78 is 0. The minimum absolute atomic E-state index is 0.557. The molecule has 1 aromatic heterocycles. The summed E-state index contributed by atoms with van der Waals surface area (Å²) in [6.07, 6.45) is 1.24. The molecule has 0 amide bonds. The van der Waals surface area contributed by atoms with Gasteiger partial charge in [-0.25, -0.2) is 0 Å². The molecule has 66 valence electrons. The van der Waals surface area contributed by atoms with Gasteiger partial charge in [-0.3, -0.25) is 5.32 Å². The molecule has 12 heavy (non-hydrogen) atoms. The van der Waals surface area contributed by atoms with Gasteiger partial charge in [0.15, 0.2) is 0 Å². The fourth-order valence-electron chi connectivity index (χ4n) is 1.38. The van der Waals surface area contributed by atoms with Gasteiger partial charge in [0.25, 0.3) is 0 Å². The smallest absolute Gasteiger partial charge is 0.0800 e. The third-order valence-electron chi connectivity index (χ3n) is 2.19. The molecule has 0 bridgehead atoms. The third kappa shape index (κ3) is 1.68. The van der Waals surface area contributed by atoms with Crippen molar-refractivity contribution in [3.8, 4) is 0 Å². The molecule has 1 aliphatic rings. The fourth-order valence-corrected chi connectivity index (χ4v) is 3.53. The minimum Gasteiger partial charge on any atom is -0.298 e. The highest BCUT2D eigenvalue weighted by Crippen LogP contribution is 2.34. The molecule has 2 heterocycles. The van der Waals surface area contributed by atoms with Gasteiger partial charge in [0, 0.05) is 11.8 Å². The van der Waals surface area contributed by atoms with Gasteiger partial charge in [-0.15, -0.1) is 11.8 Å². The van der Waals surface area contributed by atoms with Crippen molar-refractivity contribution >= 4 is 23.1 Å². The molecule has 1 saturated heterocycles. The Morgan fingerprint density at radius 3 is 3.17 bits per heavy atom. The molecular weight excluding hydrogens is 186 g/mol. The molecule has 0 aromatic carbocycles. The van der Waals surface area contributed by atoms with Crippen molar-refractivity contribution in [1.29, 1.82) is 0 Å². The molecule has 1 N–H and O–H groups in total. The van der Waals surface area contributed by atoms with E-state index in [1.807, 2.05) is 11.8 Å². The summed E-state index contributed by atoms with van der Waals surface area (Å²) >= 11 is 3.81. The molecule has 3 heteroatoms. The first-order valence-corrected chi connectivity index (χ1v) is 6.29. The van der Waals surface area contributed by atoms with Gasteiger partial charge in [-0.1, -0.05) is 6.92 Å². The van der Waals surface area contributed by atoms with Gasteiger partial charge in [0.05, 0.1) is 5.37 Å². The molecule has 0 aliphatic carbocycles. The van der Waals surface area contributed by atoms with Crippen LogP contribution in [0, 0.1) is 0 Å². The molecule has 1 aliphatic heterocycles. The van der Waals surface area contributed by atoms with Gasteiger partial charge in [-0.05, 0) is 28.8 Å². The van der Waals surface area contributed by atoms with Crippen molar-refractivity contribution in [2.75, 3.05) is 5.75 Å². The summed E-state index contributed by atoms with van der Waals surface area (Å²) in [5, 5.41) is 8.56. The first kappa shape index (κ1) is 8.60. The molecule has 1 nitrogen and oxygen atoms in total. The average Bonchev–Trinajstić information content (AvgIpc) is 2.75. The Bertz CT molecular complexity index is 233. The predicted molar refractivity (Wildman–Crippen MR) is 56.7 cm³/mol. The van der Waals surface area contributed by atoms with E-state index in [1.165, 1.54) is 17.7 Å². The summed E-state index contributed by atoms with van der Waals surface area (Å²) in [4.78, 5) is 0. The van der Waals surface area contributed by atoms with E-state index in [2.05, 4.69) is 29.1 Å². The molecular formula is C9H13NS2. The molecule has 0 saturated carbocycles. The van der Waals surface area contributed by atoms with Crippen molar-refractivity contribution in [2.24, 2.45) is 0 Å². The average molecular weight is 199 g/mol. The minimum atomic E-state index is 0.557. The zero-order valence-electron chi connectivity index (χ0n) is 7.12. The summed E-state index contributed by atoms with van der Waals surface area (Å²) in [7, 11) is 0. The fraction of sp³-hybridized carbons (Fsp3) is 0.556. The Kier molecular flexibility index (Phi) is 2.73. The van der Waals surface area contributed by atoms with Gasteiger partial charge in [-0.2, -0.15) is 11.3 Å². The molecule has 0 radical (unpaired) electrons. The van der Waals surface area contributed by atoms with E-state index < -0.39 is 0 Å². The Labute approximate surface area is 81.6 Å². The second-order valence-corrected chi connectivity index (χ2v) is 4.96. The van der Waals surface area contributed by atoms with Gasteiger partial charge in [0.1, 0.15) is 0 Å². The first-order chi connectivity index (χ1) is 5.90. The summed E-state index contributed by atoms with van der Waals surface area (Å²) in [6, 6.07) is 2.94. The maximum atomic E-state index is 3.61. The summed E-state index contributed by atoms with van der Waals surface area (Å²) in [6.45, 7) is 2.24. The van der Waals surface area contributed by atoms with Crippen LogP contribution < -0.4 is 5.32 Å². The van der Waals surface area contributed by atoms with E-state index in [0.717, 1.165) is 6.04 Å². The Morgan fingerprint density at radius 1 is 1.67 bits per heavy atom. The zero-order chi connectivity index (χ0) is 8.39. The lowest BCUT2D eigenvalue weighted by atomic mass is 10.2. The van der Waals surface area contributed by atoms with Crippen LogP contribution in [0.1, 0.15) is 24.3 Å². The van der Waals surface area contributed by atoms with E-state index >= 15 is 0 Å². The lowest BCUT2D eigenvalue weighted by molar-refractivity contribution is 0.562. The van der Waals surface area contributed by atoms with Crippen molar-refractivity contribution < 1.29 is 0 Å². The van der Waals surface area contributed by atoms with Crippen LogP contribution in [-0.2, 0) is 0 Å². The Morgan fingerprint density at radius 2 is 2.58 bits per heavy atom. The number of hydrogen-bond acceptors (Lipinski definition) is 3. The van der Waals surface area contributed by atoms with Crippen LogP contribution in [0.2, 0.25) is 0 Å². The highest BCUT2D eigenvalue weighted by molar-refractivity contribution is 7.99. The van der Waals surface area contributed by atoms with Crippen LogP contribution >= 0.6 is 23.1 Å². The van der Waals surface area contributed by atoms with Crippen LogP contribution in [0.5, 0.6) is 0 Å². The maximum Gasteiger partial charge on any atom is 0.0800 e. The van der Waals surface area contributed by atoms with E-state index in [9.17, 15) is 0 Å². The number of nitrogens with one attached hydrogen (secondary N) is 1. The van der Waals surface area contributed by atoms with Crippen molar-refractivity contribution in [3.63, 3.8) is 0 Å². The topological polar surface area (TPSA) is 12.0 Å². The maximum absolute atomic E-state index is 3.61. The number of hydrogen-bond donors (Lipinski definition) is 1. The lowest BCUT2D eigenvalue weighted by Gasteiger charge is -2.09. The Balaban J connectivity index is 2.00. The van der Waals surface area contributed by atoms with Gasteiger partial charge < -0.3 is 0 Å². The summed E-state index contributed by atoms with van der Waals surface area (Å²) in [5.74, 6) is 1.26. The van der Waals surface area contributed by atoms with Gasteiger partial charge >= 0.3 is 0 Å². The quantitative estimate of drug-likeness (QED) is 0.786. The molecule has 2 rings (SSSR count). The number of thioether (sulfide) groups is 1. The largest absolute Gasteiger partial charge is 0.298 e. The van der Waals surface area contributed by atoms with E-state index in [0.29, 0.717) is 5.37 Å². The predicted octanol–water partition coefficient (Wildman–Crippen LogP) is 2.86. The van der Waals surface area contributed by atoms with E-state index in [4.69, 9.17) is 0 Å². The van der Waals surface area contributed by atoms with Crippen molar-refractivity contribution in [3.05, 3.63) is 22.4 Å². The highest BCUT2D eigenvalue weighted by atomic mass is 32.2. The van der Waals surface area contributed by atoms with Crippen LogP contribution in [0.25, 0.3) is 0 Å². The van der Waals surface area contributed by atoms with Crippen LogP contribution in [0.4, 0.5) is 0 Å². The van der Waals surface area contributed by atoms with Crippen LogP contribution in [0.15, 0.2) is 16.8 Å². The van der Waals surface area contributed by atoms with Crippen molar-refractivity contribution in [2.45, 2.75) is 24.8 Å². The standard InChI is InChI=1S/C9H13NS2/c1-2-8-6-12-9(10-8)7-3-4-11-5-7/h3-5,8-10H,2,6H2,1H3. The van der Waals surface area contributed by atoms with Crippen molar-refractivity contribution in [1.82, 2.24) is 5.32 Å². The first-order valence-electron chi connectivity index (χ1n) is 4.30. The van der Waals surface area contributed by atoms with Gasteiger partial charge in [0.2, 0.25) is 0 Å². The SMILES string of the molecule is CCC1CSC(c2ccsc2)N1. The second kappa shape index (κ2) is 3.81. The molecule has 0 spiro atoms. The molecule has 1 fully saturated rings. The zero-order valence-corrected chi connectivity index (χ0v) is 8.75. The highest BCUT2D eigenvalue weighted by Gasteiger charge is 2.23. The monoisotopic (exact) mass is 199 g/mol. The third-order valence-corrected chi connectivity index (χ3v) is 4.23. The summed E-state index contributed by atoms with van der Waals surface area (Å²) in [5.41, 5.74) is 1.45. The molecule has 2 atom stereocenters. The number of rotatable bonds is 2. The Hall–Kier alpha value is 0.01000. The number of thiophene rings is 1. The normalized spacial score (nSPS) is 29.4. The second-order valence-electron chi connectivity index (χ2n) is 3.04. The van der Waals surface area contributed by atoms with Crippen LogP contribution in [0.3, 0.4) is 0 Å². The van der Waals surface area contributed by atoms with Crippen LogP contribution in [-0.4, -0.2) is 11.8 Å². The lowest BCUT2D eigenvalue weighted by Crippen LogP contribution is -2.24. The van der Waals surface area contributed by atoms with E-state index in [1.54, 1.807) is 11.3 Å². The van der Waals surface area contributed by atoms with E-state index in [-0.39, 0.29) is 0 Å². The molecule has 1 aromatic rings.